The zero-order valence-corrected chi connectivity index (χ0v) is 17.1. The van der Waals surface area contributed by atoms with Gasteiger partial charge < -0.3 is 5.32 Å². The Labute approximate surface area is 173 Å². The van der Waals surface area contributed by atoms with Crippen molar-refractivity contribution >= 4 is 29.0 Å². The molecule has 0 aliphatic rings. The molecule has 3 aromatic heterocycles. The Kier molecular flexibility index (Phi) is 4.80. The third-order valence-electron chi connectivity index (χ3n) is 4.45. The van der Waals surface area contributed by atoms with E-state index in [0.717, 1.165) is 28.2 Å². The summed E-state index contributed by atoms with van der Waals surface area (Å²) in [6.45, 7) is 5.58. The van der Waals surface area contributed by atoms with Gasteiger partial charge in [0.15, 0.2) is 5.65 Å². The van der Waals surface area contributed by atoms with Gasteiger partial charge >= 0.3 is 0 Å². The Hall–Kier alpha value is -3.25. The Balaban J connectivity index is 1.87. The van der Waals surface area contributed by atoms with Crippen molar-refractivity contribution < 1.29 is 4.79 Å². The van der Waals surface area contributed by atoms with Crippen LogP contribution in [-0.2, 0) is 4.79 Å². The molecule has 6 nitrogen and oxygen atoms in total. The van der Waals surface area contributed by atoms with Gasteiger partial charge in [-0.2, -0.15) is 5.10 Å². The second-order valence-electron chi connectivity index (χ2n) is 7.75. The van der Waals surface area contributed by atoms with Crippen molar-refractivity contribution in [3.63, 3.8) is 0 Å². The van der Waals surface area contributed by atoms with E-state index in [2.05, 4.69) is 15.4 Å². The first-order valence-electron chi connectivity index (χ1n) is 9.20. The molecule has 0 saturated carbocycles. The van der Waals surface area contributed by atoms with E-state index in [1.807, 2.05) is 69.3 Å². The lowest BCUT2D eigenvalue weighted by Crippen LogP contribution is -2.28. The van der Waals surface area contributed by atoms with Gasteiger partial charge in [0.1, 0.15) is 11.5 Å². The quantitative estimate of drug-likeness (QED) is 0.515. The number of imidazole rings is 1. The van der Waals surface area contributed by atoms with E-state index in [9.17, 15) is 4.79 Å². The van der Waals surface area contributed by atoms with E-state index in [0.29, 0.717) is 10.8 Å². The molecule has 3 heterocycles. The molecule has 0 unspecified atom stereocenters. The van der Waals surface area contributed by atoms with E-state index in [1.54, 1.807) is 16.9 Å². The van der Waals surface area contributed by atoms with Crippen LogP contribution >= 0.6 is 11.6 Å². The zero-order valence-electron chi connectivity index (χ0n) is 16.3. The summed E-state index contributed by atoms with van der Waals surface area (Å²) in [5.74, 6) is 0.374. The molecule has 0 saturated heterocycles. The van der Waals surface area contributed by atoms with E-state index in [4.69, 9.17) is 16.6 Å². The van der Waals surface area contributed by atoms with Crippen molar-refractivity contribution in [3.05, 3.63) is 65.9 Å². The number of benzene rings is 1. The van der Waals surface area contributed by atoms with Crippen molar-refractivity contribution in [2.75, 3.05) is 5.32 Å². The molecule has 29 heavy (non-hydrogen) atoms. The van der Waals surface area contributed by atoms with Crippen molar-refractivity contribution in [2.45, 2.75) is 20.8 Å². The summed E-state index contributed by atoms with van der Waals surface area (Å²) in [4.78, 5) is 21.4. The number of carbonyl (C=O) groups excluding carboxylic acids is 1. The third kappa shape index (κ3) is 3.84. The molecule has 146 valence electrons. The summed E-state index contributed by atoms with van der Waals surface area (Å²) in [5, 5.41) is 7.98. The van der Waals surface area contributed by atoms with Crippen molar-refractivity contribution in [1.82, 2.24) is 19.6 Å². The van der Waals surface area contributed by atoms with Gasteiger partial charge in [-0.25, -0.2) is 14.5 Å². The fourth-order valence-electron chi connectivity index (χ4n) is 2.93. The number of fused-ring (bicyclic) bond motifs is 1. The zero-order chi connectivity index (χ0) is 20.6. The largest absolute Gasteiger partial charge is 0.310 e. The molecule has 0 atom stereocenters. The molecule has 0 aliphatic carbocycles. The van der Waals surface area contributed by atoms with Crippen LogP contribution < -0.4 is 5.32 Å². The maximum Gasteiger partial charge on any atom is 0.230 e. The first-order valence-corrected chi connectivity index (χ1v) is 9.58. The number of nitrogens with one attached hydrogen (secondary N) is 1. The second kappa shape index (κ2) is 7.29. The summed E-state index contributed by atoms with van der Waals surface area (Å²) in [6, 6.07) is 15.0. The minimum atomic E-state index is -0.519. The predicted octanol–water partition coefficient (Wildman–Crippen LogP) is 5.10. The molecule has 0 fully saturated rings. The molecular weight excluding hydrogens is 386 g/mol. The lowest BCUT2D eigenvalue weighted by molar-refractivity contribution is -0.123. The summed E-state index contributed by atoms with van der Waals surface area (Å²) in [7, 11) is 0. The summed E-state index contributed by atoms with van der Waals surface area (Å²) < 4.78 is 1.78. The van der Waals surface area contributed by atoms with Crippen LogP contribution in [0.15, 0.2) is 60.9 Å². The van der Waals surface area contributed by atoms with Crippen LogP contribution in [0, 0.1) is 5.41 Å². The molecule has 4 aromatic rings. The molecule has 0 bridgehead atoms. The molecule has 1 amide bonds. The maximum absolute atomic E-state index is 12.4. The lowest BCUT2D eigenvalue weighted by Gasteiger charge is -2.17. The molecule has 0 radical (unpaired) electrons. The van der Waals surface area contributed by atoms with Gasteiger partial charge in [0, 0.05) is 34.0 Å². The molecule has 7 heteroatoms. The van der Waals surface area contributed by atoms with Gasteiger partial charge in [0.2, 0.25) is 5.91 Å². The van der Waals surface area contributed by atoms with Crippen LogP contribution in [0.25, 0.3) is 28.2 Å². The molecule has 0 aliphatic heterocycles. The predicted molar refractivity (Wildman–Crippen MR) is 115 cm³/mol. The number of carbonyl (C=O) groups is 1. The smallest absolute Gasteiger partial charge is 0.230 e. The van der Waals surface area contributed by atoms with Crippen LogP contribution in [-0.4, -0.2) is 25.5 Å². The molecule has 1 aromatic carbocycles. The number of halogens is 1. The van der Waals surface area contributed by atoms with Gasteiger partial charge in [-0.15, -0.1) is 0 Å². The van der Waals surface area contributed by atoms with Gasteiger partial charge in [-0.05, 0) is 36.4 Å². The normalized spacial score (nSPS) is 11.6. The third-order valence-corrected chi connectivity index (χ3v) is 4.68. The van der Waals surface area contributed by atoms with Gasteiger partial charge in [-0.1, -0.05) is 44.5 Å². The number of amides is 1. The second-order valence-corrected chi connectivity index (χ2v) is 8.18. The summed E-state index contributed by atoms with van der Waals surface area (Å²) >= 11 is 6.21. The minimum absolute atomic E-state index is 0.103. The highest BCUT2D eigenvalue weighted by atomic mass is 35.5. The highest BCUT2D eigenvalue weighted by Gasteiger charge is 2.22. The van der Waals surface area contributed by atoms with Crippen LogP contribution in [0.4, 0.5) is 5.82 Å². The minimum Gasteiger partial charge on any atom is -0.310 e. The Morgan fingerprint density at radius 3 is 2.62 bits per heavy atom. The van der Waals surface area contributed by atoms with E-state index in [-0.39, 0.29) is 5.91 Å². The molecule has 0 spiro atoms. The first-order chi connectivity index (χ1) is 13.8. The first kappa shape index (κ1) is 19.1. The SMILES string of the molecule is CC(C)(C)C(=O)Nc1cc(-c2c(-c3cccc(Cl)c3)nc3cccnn23)ccn1. The van der Waals surface area contributed by atoms with Crippen molar-refractivity contribution in [2.24, 2.45) is 5.41 Å². The monoisotopic (exact) mass is 405 g/mol. The summed E-state index contributed by atoms with van der Waals surface area (Å²) in [5.41, 5.74) is 3.48. The number of nitrogens with zero attached hydrogens (tertiary/aromatic N) is 4. The molecular formula is C22H20ClN5O. The van der Waals surface area contributed by atoms with Crippen LogP contribution in [0.2, 0.25) is 5.02 Å². The standard InChI is InChI=1S/C22H20ClN5O/c1-22(2,3)21(29)26-17-13-15(9-11-24-17)20-19(14-6-4-7-16(23)12-14)27-18-8-5-10-25-28(18)20/h4-13H,1-3H3,(H,24,26,29). The van der Waals surface area contributed by atoms with Crippen LogP contribution in [0.1, 0.15) is 20.8 Å². The highest BCUT2D eigenvalue weighted by molar-refractivity contribution is 6.30. The number of pyridine rings is 1. The average Bonchev–Trinajstić information content (AvgIpc) is 3.07. The Bertz CT molecular complexity index is 1210. The lowest BCUT2D eigenvalue weighted by atomic mass is 9.96. The number of anilines is 1. The Morgan fingerprint density at radius 2 is 1.86 bits per heavy atom. The van der Waals surface area contributed by atoms with Crippen molar-refractivity contribution in [3.8, 4) is 22.5 Å². The Morgan fingerprint density at radius 1 is 1.03 bits per heavy atom. The number of hydrogen-bond donors (Lipinski definition) is 1. The fourth-order valence-corrected chi connectivity index (χ4v) is 3.13. The molecule has 1 N–H and O–H groups in total. The van der Waals surface area contributed by atoms with Crippen molar-refractivity contribution in [1.29, 1.82) is 0 Å². The molecule has 4 rings (SSSR count). The fraction of sp³-hybridized carbons (Fsp3) is 0.182. The highest BCUT2D eigenvalue weighted by Crippen LogP contribution is 2.34. The number of rotatable bonds is 3. The van der Waals surface area contributed by atoms with E-state index >= 15 is 0 Å². The van der Waals surface area contributed by atoms with Gasteiger partial charge in [0.05, 0.1) is 5.69 Å². The van der Waals surface area contributed by atoms with Crippen LogP contribution in [0.5, 0.6) is 0 Å². The van der Waals surface area contributed by atoms with Crippen LogP contribution in [0.3, 0.4) is 0 Å². The number of aromatic nitrogens is 4. The van der Waals surface area contributed by atoms with Gasteiger partial charge in [-0.3, -0.25) is 4.79 Å². The topological polar surface area (TPSA) is 72.2 Å². The van der Waals surface area contributed by atoms with E-state index < -0.39 is 5.41 Å². The maximum atomic E-state index is 12.4. The number of hydrogen-bond acceptors (Lipinski definition) is 4. The van der Waals surface area contributed by atoms with E-state index in [1.165, 1.54) is 0 Å². The van der Waals surface area contributed by atoms with Gasteiger partial charge in [0.25, 0.3) is 0 Å². The summed E-state index contributed by atoms with van der Waals surface area (Å²) in [6.07, 6.45) is 3.38. The average molecular weight is 406 g/mol.